The van der Waals surface area contributed by atoms with Crippen LogP contribution in [0.5, 0.6) is 11.5 Å². The van der Waals surface area contributed by atoms with Gasteiger partial charge in [-0.05, 0) is 65.1 Å². The van der Waals surface area contributed by atoms with E-state index in [-0.39, 0.29) is 11.1 Å². The Hall–Kier alpha value is -3.98. The first-order valence-corrected chi connectivity index (χ1v) is 16.1. The molecule has 1 aliphatic heterocycles. The number of hydrogen-bond acceptors (Lipinski definition) is 2. The summed E-state index contributed by atoms with van der Waals surface area (Å²) in [6, 6.07) is 10.5. The molecule has 0 radical (unpaired) electrons. The highest BCUT2D eigenvalue weighted by Crippen LogP contribution is 2.48. The van der Waals surface area contributed by atoms with Crippen molar-refractivity contribution in [3.63, 3.8) is 0 Å². The number of fused-ring (bicyclic) bond motifs is 3. The highest BCUT2D eigenvalue weighted by Gasteiger charge is 2.32. The van der Waals surface area contributed by atoms with E-state index < -0.39 is 34.9 Å². The molecule has 4 aromatic rings. The van der Waals surface area contributed by atoms with E-state index in [9.17, 15) is 26.3 Å². The SMILES string of the molecule is CC.CCCC.CCCC[NH+]1Cc2c(-c3cc(F)c(F)c(F)c3)ccc(OC)c2-c2c(OC)ccc(-c3cc(F)c(F)c(F)c3)c2C1. The van der Waals surface area contributed by atoms with Crippen LogP contribution in [0, 0.1) is 34.9 Å². The van der Waals surface area contributed by atoms with Gasteiger partial charge in [0.2, 0.25) is 0 Å². The molecule has 5 rings (SSSR count). The molecule has 0 aromatic heterocycles. The number of nitrogens with one attached hydrogen (secondary N) is 1. The molecule has 9 heteroatoms. The molecule has 0 saturated heterocycles. The molecule has 1 aliphatic rings. The molecule has 0 bridgehead atoms. The molecule has 3 nitrogen and oxygen atoms in total. The fourth-order valence-corrected chi connectivity index (χ4v) is 5.64. The molecule has 1 N–H and O–H groups in total. The second kappa shape index (κ2) is 17.3. The van der Waals surface area contributed by atoms with Gasteiger partial charge in [0.05, 0.1) is 20.8 Å². The van der Waals surface area contributed by atoms with Gasteiger partial charge in [0.1, 0.15) is 24.6 Å². The third-order valence-corrected chi connectivity index (χ3v) is 8.07. The third kappa shape index (κ3) is 8.12. The maximum Gasteiger partial charge on any atom is 0.194 e. The van der Waals surface area contributed by atoms with Crippen molar-refractivity contribution in [3.8, 4) is 44.9 Å². The van der Waals surface area contributed by atoms with E-state index in [2.05, 4.69) is 20.8 Å². The van der Waals surface area contributed by atoms with Gasteiger partial charge in [0, 0.05) is 22.3 Å². The first-order valence-electron chi connectivity index (χ1n) is 16.1. The van der Waals surface area contributed by atoms with E-state index in [1.54, 1.807) is 24.3 Å². The van der Waals surface area contributed by atoms with E-state index in [0.29, 0.717) is 64.5 Å². The Morgan fingerprint density at radius 1 is 0.574 bits per heavy atom. The Labute approximate surface area is 274 Å². The van der Waals surface area contributed by atoms with Crippen molar-refractivity contribution in [2.75, 3.05) is 20.8 Å². The standard InChI is InChI=1S/C32H27F6NO2.C4H10.C2H6/c1-4-5-10-39-15-21-19(17-11-23(33)31(37)24(34)12-17)6-8-27(40-2)29(21)30-22(16-39)20(7-9-28(30)41-3)18-13-25(35)32(38)26(36)14-18;1-3-4-2;1-2/h6-9,11-14H,4-5,10,15-16H2,1-3H3;3-4H2,1-2H3;1-2H3/p+1. The molecule has 0 fully saturated rings. The summed E-state index contributed by atoms with van der Waals surface area (Å²) < 4.78 is 96.7. The fourth-order valence-electron chi connectivity index (χ4n) is 5.64. The van der Waals surface area contributed by atoms with Crippen molar-refractivity contribution in [1.29, 1.82) is 0 Å². The first kappa shape index (κ1) is 37.5. The lowest BCUT2D eigenvalue weighted by atomic mass is 9.86. The number of benzene rings is 4. The van der Waals surface area contributed by atoms with Gasteiger partial charge in [-0.1, -0.05) is 66.0 Å². The molecular weight excluding hydrogens is 616 g/mol. The molecule has 1 heterocycles. The zero-order valence-corrected chi connectivity index (χ0v) is 28.2. The average molecular weight is 661 g/mol. The van der Waals surface area contributed by atoms with E-state index in [1.165, 1.54) is 27.1 Å². The summed E-state index contributed by atoms with van der Waals surface area (Å²) in [6.45, 7) is 11.9. The second-order valence-corrected chi connectivity index (χ2v) is 11.1. The van der Waals surface area contributed by atoms with Gasteiger partial charge >= 0.3 is 0 Å². The minimum absolute atomic E-state index is 0.149. The van der Waals surface area contributed by atoms with Crippen LogP contribution in [0.15, 0.2) is 48.5 Å². The number of hydrogen-bond donors (Lipinski definition) is 1. The molecular formula is C38H44F6NO2+. The van der Waals surface area contributed by atoms with Crippen molar-refractivity contribution in [1.82, 2.24) is 0 Å². The molecule has 254 valence electrons. The van der Waals surface area contributed by atoms with Crippen LogP contribution >= 0.6 is 0 Å². The maximum absolute atomic E-state index is 14.4. The molecule has 4 aromatic carbocycles. The number of halogens is 6. The lowest BCUT2D eigenvalue weighted by molar-refractivity contribution is -0.927. The van der Waals surface area contributed by atoms with Gasteiger partial charge < -0.3 is 14.4 Å². The zero-order valence-electron chi connectivity index (χ0n) is 28.2. The number of quaternary nitrogens is 1. The van der Waals surface area contributed by atoms with Crippen LogP contribution in [0.4, 0.5) is 26.3 Å². The van der Waals surface area contributed by atoms with Crippen molar-refractivity contribution in [3.05, 3.63) is 94.6 Å². The van der Waals surface area contributed by atoms with Gasteiger partial charge in [-0.2, -0.15) is 0 Å². The lowest BCUT2D eigenvalue weighted by Crippen LogP contribution is -3.09. The first-order chi connectivity index (χ1) is 22.6. The summed E-state index contributed by atoms with van der Waals surface area (Å²) in [7, 11) is 2.97. The molecule has 0 spiro atoms. The van der Waals surface area contributed by atoms with E-state index >= 15 is 0 Å². The van der Waals surface area contributed by atoms with Crippen LogP contribution in [0.3, 0.4) is 0 Å². The summed E-state index contributed by atoms with van der Waals surface area (Å²) in [4.78, 5) is 1.06. The van der Waals surface area contributed by atoms with Crippen molar-refractivity contribution >= 4 is 0 Å². The zero-order chi connectivity index (χ0) is 34.8. The number of ether oxygens (including phenoxy) is 2. The largest absolute Gasteiger partial charge is 0.496 e. The van der Waals surface area contributed by atoms with Crippen molar-refractivity contribution < 1.29 is 40.7 Å². The Balaban J connectivity index is 0.000000930. The van der Waals surface area contributed by atoms with E-state index in [0.717, 1.165) is 42.0 Å². The Morgan fingerprint density at radius 2 is 0.936 bits per heavy atom. The molecule has 0 saturated carbocycles. The summed E-state index contributed by atoms with van der Waals surface area (Å²) in [5.74, 6) is -7.47. The quantitative estimate of drug-likeness (QED) is 0.150. The molecule has 47 heavy (non-hydrogen) atoms. The molecule has 0 aliphatic carbocycles. The summed E-state index contributed by atoms with van der Waals surface area (Å²) >= 11 is 0. The Kier molecular flexibility index (Phi) is 13.8. The Morgan fingerprint density at radius 3 is 1.23 bits per heavy atom. The summed E-state index contributed by atoms with van der Waals surface area (Å²) in [5, 5.41) is 0. The average Bonchev–Trinajstić information content (AvgIpc) is 3.25. The van der Waals surface area contributed by atoms with Gasteiger partial charge in [-0.3, -0.25) is 0 Å². The summed E-state index contributed by atoms with van der Waals surface area (Å²) in [5.41, 5.74) is 3.79. The van der Waals surface area contributed by atoms with Crippen LogP contribution in [0.2, 0.25) is 0 Å². The highest BCUT2D eigenvalue weighted by molar-refractivity contribution is 5.90. The van der Waals surface area contributed by atoms with Crippen LogP contribution < -0.4 is 14.4 Å². The van der Waals surface area contributed by atoms with Crippen molar-refractivity contribution in [2.24, 2.45) is 0 Å². The maximum atomic E-state index is 14.4. The lowest BCUT2D eigenvalue weighted by Gasteiger charge is -2.21. The highest BCUT2D eigenvalue weighted by atomic mass is 19.2. The predicted molar refractivity (Wildman–Crippen MR) is 176 cm³/mol. The topological polar surface area (TPSA) is 22.9 Å². The monoisotopic (exact) mass is 660 g/mol. The Bertz CT molecular complexity index is 1510. The van der Waals surface area contributed by atoms with Crippen LogP contribution in [-0.4, -0.2) is 20.8 Å². The normalized spacial score (nSPS) is 12.1. The van der Waals surface area contributed by atoms with Gasteiger partial charge in [0.15, 0.2) is 34.9 Å². The minimum atomic E-state index is -1.56. The van der Waals surface area contributed by atoms with Gasteiger partial charge in [-0.15, -0.1) is 0 Å². The van der Waals surface area contributed by atoms with E-state index in [4.69, 9.17) is 9.47 Å². The third-order valence-electron chi connectivity index (χ3n) is 8.07. The van der Waals surface area contributed by atoms with Crippen LogP contribution in [-0.2, 0) is 13.1 Å². The number of unbranched alkanes of at least 4 members (excludes halogenated alkanes) is 2. The number of methoxy groups -OCH3 is 2. The molecule has 0 amide bonds. The van der Waals surface area contributed by atoms with Crippen molar-refractivity contribution in [2.45, 2.75) is 73.4 Å². The molecule has 0 unspecified atom stereocenters. The fraction of sp³-hybridized carbons (Fsp3) is 0.368. The van der Waals surface area contributed by atoms with Crippen LogP contribution in [0.1, 0.15) is 71.4 Å². The van der Waals surface area contributed by atoms with Crippen LogP contribution in [0.25, 0.3) is 33.4 Å². The predicted octanol–water partition coefficient (Wildman–Crippen LogP) is 10.1. The van der Waals surface area contributed by atoms with E-state index in [1.807, 2.05) is 13.8 Å². The second-order valence-electron chi connectivity index (χ2n) is 11.1. The molecule has 0 atom stereocenters. The summed E-state index contributed by atoms with van der Waals surface area (Å²) in [6.07, 6.45) is 4.40. The van der Waals surface area contributed by atoms with Gasteiger partial charge in [-0.25, -0.2) is 26.3 Å². The smallest absolute Gasteiger partial charge is 0.194 e. The number of rotatable bonds is 8. The minimum Gasteiger partial charge on any atom is -0.496 e. The van der Waals surface area contributed by atoms with Gasteiger partial charge in [0.25, 0.3) is 0 Å².